The van der Waals surface area contributed by atoms with E-state index < -0.39 is 0 Å². The number of aryl methyl sites for hydroxylation is 2. The third kappa shape index (κ3) is 2.92. The zero-order chi connectivity index (χ0) is 14.7. The minimum absolute atomic E-state index is 0.386. The molecule has 0 aliphatic carbocycles. The van der Waals surface area contributed by atoms with E-state index in [1.165, 1.54) is 22.5 Å². The fourth-order valence-corrected chi connectivity index (χ4v) is 2.94. The van der Waals surface area contributed by atoms with Crippen LogP contribution in [0.25, 0.3) is 0 Å². The lowest BCUT2D eigenvalue weighted by Crippen LogP contribution is -2.12. The van der Waals surface area contributed by atoms with E-state index in [4.69, 9.17) is 0 Å². The minimum Gasteiger partial charge on any atom is -0.348 e. The highest BCUT2D eigenvalue weighted by atomic mass is 15.0. The maximum absolute atomic E-state index is 2.41. The Morgan fingerprint density at radius 3 is 1.52 bits per heavy atom. The number of hydrogen-bond acceptors (Lipinski definition) is 0. The first-order valence-corrected chi connectivity index (χ1v) is 7.48. The fraction of sp³-hybridized carbons (Fsp3) is 0.200. The maximum Gasteiger partial charge on any atom is 0.0334 e. The smallest absolute Gasteiger partial charge is 0.0334 e. The summed E-state index contributed by atoms with van der Waals surface area (Å²) in [4.78, 5) is 0. The Morgan fingerprint density at radius 1 is 0.667 bits per heavy atom. The third-order valence-electron chi connectivity index (χ3n) is 4.19. The molecule has 0 N–H and O–H groups in total. The minimum atomic E-state index is 0.386. The fourth-order valence-electron chi connectivity index (χ4n) is 2.94. The zero-order valence-corrected chi connectivity index (χ0v) is 12.7. The van der Waals surface area contributed by atoms with Crippen LogP contribution in [-0.2, 0) is 6.54 Å². The molecule has 1 heterocycles. The standard InChI is InChI=1S/C20H21N/c1-16-13-14-17(2)21(16)15-20(18-9-5-3-6-10-18)19-11-7-4-8-12-19/h3-14,20H,15H2,1-2H3. The van der Waals surface area contributed by atoms with E-state index in [1.54, 1.807) is 0 Å². The number of aromatic nitrogens is 1. The Hall–Kier alpha value is -2.28. The quantitative estimate of drug-likeness (QED) is 0.635. The second kappa shape index (κ2) is 6.01. The van der Waals surface area contributed by atoms with E-state index in [0.717, 1.165) is 6.54 Å². The van der Waals surface area contributed by atoms with Crippen LogP contribution >= 0.6 is 0 Å². The van der Waals surface area contributed by atoms with Crippen LogP contribution in [0.15, 0.2) is 72.8 Å². The average molecular weight is 275 g/mol. The molecule has 106 valence electrons. The summed E-state index contributed by atoms with van der Waals surface area (Å²) in [6.45, 7) is 5.35. The van der Waals surface area contributed by atoms with Crippen molar-refractivity contribution in [2.24, 2.45) is 0 Å². The summed E-state index contributed by atoms with van der Waals surface area (Å²) in [7, 11) is 0. The first kappa shape index (κ1) is 13.7. The molecule has 0 unspecified atom stereocenters. The SMILES string of the molecule is Cc1ccc(C)n1CC(c1ccccc1)c1ccccc1. The molecule has 3 rings (SSSR count). The summed E-state index contributed by atoms with van der Waals surface area (Å²) >= 11 is 0. The van der Waals surface area contributed by atoms with Gasteiger partial charge in [-0.3, -0.25) is 0 Å². The van der Waals surface area contributed by atoms with Crippen molar-refractivity contribution in [2.75, 3.05) is 0 Å². The molecule has 0 aliphatic rings. The number of nitrogens with zero attached hydrogens (tertiary/aromatic N) is 1. The lowest BCUT2D eigenvalue weighted by Gasteiger charge is -2.21. The lowest BCUT2D eigenvalue weighted by atomic mass is 9.91. The molecule has 0 spiro atoms. The molecule has 0 aliphatic heterocycles. The van der Waals surface area contributed by atoms with Crippen LogP contribution in [0.4, 0.5) is 0 Å². The van der Waals surface area contributed by atoms with Gasteiger partial charge in [-0.2, -0.15) is 0 Å². The summed E-state index contributed by atoms with van der Waals surface area (Å²) in [6.07, 6.45) is 0. The van der Waals surface area contributed by atoms with Gasteiger partial charge in [-0.05, 0) is 37.1 Å². The Bertz CT molecular complexity index is 636. The molecule has 0 bridgehead atoms. The summed E-state index contributed by atoms with van der Waals surface area (Å²) < 4.78 is 2.41. The molecule has 3 aromatic rings. The van der Waals surface area contributed by atoms with Gasteiger partial charge < -0.3 is 4.57 Å². The van der Waals surface area contributed by atoms with Crippen molar-refractivity contribution in [3.05, 3.63) is 95.3 Å². The van der Waals surface area contributed by atoms with E-state index >= 15 is 0 Å². The molecule has 1 aromatic heterocycles. The van der Waals surface area contributed by atoms with E-state index in [0.29, 0.717) is 5.92 Å². The van der Waals surface area contributed by atoms with Crippen molar-refractivity contribution in [1.82, 2.24) is 4.57 Å². The van der Waals surface area contributed by atoms with Crippen LogP contribution in [0.2, 0.25) is 0 Å². The first-order valence-electron chi connectivity index (χ1n) is 7.48. The van der Waals surface area contributed by atoms with Crippen molar-refractivity contribution < 1.29 is 0 Å². The van der Waals surface area contributed by atoms with Gasteiger partial charge in [0, 0.05) is 23.9 Å². The Morgan fingerprint density at radius 2 is 1.10 bits per heavy atom. The normalized spacial score (nSPS) is 11.0. The van der Waals surface area contributed by atoms with Gasteiger partial charge in [0.05, 0.1) is 0 Å². The molecule has 21 heavy (non-hydrogen) atoms. The van der Waals surface area contributed by atoms with Crippen molar-refractivity contribution in [3.8, 4) is 0 Å². The van der Waals surface area contributed by atoms with Crippen molar-refractivity contribution in [1.29, 1.82) is 0 Å². The van der Waals surface area contributed by atoms with Gasteiger partial charge >= 0.3 is 0 Å². The highest BCUT2D eigenvalue weighted by Crippen LogP contribution is 2.27. The van der Waals surface area contributed by atoms with Gasteiger partial charge in [0.2, 0.25) is 0 Å². The van der Waals surface area contributed by atoms with Crippen LogP contribution in [0, 0.1) is 13.8 Å². The van der Waals surface area contributed by atoms with Crippen molar-refractivity contribution in [3.63, 3.8) is 0 Å². The maximum atomic E-state index is 2.41. The van der Waals surface area contributed by atoms with Gasteiger partial charge in [0.15, 0.2) is 0 Å². The second-order valence-electron chi connectivity index (χ2n) is 5.60. The molecule has 2 aromatic carbocycles. The Balaban J connectivity index is 2.01. The second-order valence-corrected chi connectivity index (χ2v) is 5.60. The van der Waals surface area contributed by atoms with Gasteiger partial charge in [0.1, 0.15) is 0 Å². The molecule has 0 saturated heterocycles. The highest BCUT2D eigenvalue weighted by Gasteiger charge is 2.16. The van der Waals surface area contributed by atoms with Crippen LogP contribution in [0.3, 0.4) is 0 Å². The summed E-state index contributed by atoms with van der Waals surface area (Å²) in [5.74, 6) is 0.386. The molecular weight excluding hydrogens is 254 g/mol. The van der Waals surface area contributed by atoms with E-state index in [1.807, 2.05) is 0 Å². The van der Waals surface area contributed by atoms with Crippen molar-refractivity contribution >= 4 is 0 Å². The molecule has 0 fully saturated rings. The van der Waals surface area contributed by atoms with Crippen LogP contribution < -0.4 is 0 Å². The first-order chi connectivity index (χ1) is 10.3. The molecule has 0 saturated carbocycles. The monoisotopic (exact) mass is 275 g/mol. The van der Waals surface area contributed by atoms with Gasteiger partial charge in [-0.15, -0.1) is 0 Å². The Labute approximate surface area is 126 Å². The van der Waals surface area contributed by atoms with Gasteiger partial charge in [0.25, 0.3) is 0 Å². The predicted molar refractivity (Wildman–Crippen MR) is 88.6 cm³/mol. The molecular formula is C20H21N. The molecule has 0 amide bonds. The van der Waals surface area contributed by atoms with Crippen LogP contribution in [0.5, 0.6) is 0 Å². The topological polar surface area (TPSA) is 4.93 Å². The third-order valence-corrected chi connectivity index (χ3v) is 4.19. The molecule has 1 heteroatoms. The highest BCUT2D eigenvalue weighted by molar-refractivity contribution is 5.32. The van der Waals surface area contributed by atoms with Gasteiger partial charge in [-0.25, -0.2) is 0 Å². The summed E-state index contributed by atoms with van der Waals surface area (Å²) in [5, 5.41) is 0. The summed E-state index contributed by atoms with van der Waals surface area (Å²) in [6, 6.07) is 26.0. The summed E-state index contributed by atoms with van der Waals surface area (Å²) in [5.41, 5.74) is 5.39. The molecule has 1 nitrogen and oxygen atoms in total. The van der Waals surface area contributed by atoms with Crippen LogP contribution in [-0.4, -0.2) is 4.57 Å². The van der Waals surface area contributed by atoms with E-state index in [2.05, 4.69) is 91.2 Å². The Kier molecular flexibility index (Phi) is 3.92. The number of benzene rings is 2. The lowest BCUT2D eigenvalue weighted by molar-refractivity contribution is 0.601. The number of hydrogen-bond donors (Lipinski definition) is 0. The average Bonchev–Trinajstić information content (AvgIpc) is 2.85. The molecule has 0 atom stereocenters. The van der Waals surface area contributed by atoms with Crippen molar-refractivity contribution in [2.45, 2.75) is 26.3 Å². The predicted octanol–water partition coefficient (Wildman–Crippen LogP) is 4.94. The van der Waals surface area contributed by atoms with Crippen LogP contribution in [0.1, 0.15) is 28.4 Å². The van der Waals surface area contributed by atoms with E-state index in [-0.39, 0.29) is 0 Å². The zero-order valence-electron chi connectivity index (χ0n) is 12.7. The number of rotatable bonds is 4. The molecule has 0 radical (unpaired) electrons. The van der Waals surface area contributed by atoms with Gasteiger partial charge in [-0.1, -0.05) is 60.7 Å². The largest absolute Gasteiger partial charge is 0.348 e. The van der Waals surface area contributed by atoms with E-state index in [9.17, 15) is 0 Å².